The van der Waals surface area contributed by atoms with Crippen molar-refractivity contribution in [2.75, 3.05) is 60.9 Å². The Hall–Kier alpha value is -9.54. The molecule has 2 aliphatic heterocycles. The molecule has 2 fully saturated rings. The van der Waals surface area contributed by atoms with Crippen LogP contribution in [0.4, 0.5) is 34.1 Å². The lowest BCUT2D eigenvalue weighted by molar-refractivity contribution is -0.0994. The van der Waals surface area contributed by atoms with Gasteiger partial charge in [-0.15, -0.1) is 23.5 Å². The van der Waals surface area contributed by atoms with Gasteiger partial charge in [0, 0.05) is 66.3 Å². The Bertz CT molecular complexity index is 4730. The molecule has 4 atom stereocenters. The van der Waals surface area contributed by atoms with Crippen LogP contribution < -0.4 is 19.3 Å². The quantitative estimate of drug-likeness (QED) is 0.0377. The highest BCUT2D eigenvalue weighted by Crippen LogP contribution is 2.60. The van der Waals surface area contributed by atoms with Gasteiger partial charge in [0.1, 0.15) is 11.5 Å². The summed E-state index contributed by atoms with van der Waals surface area (Å²) in [6.45, 7) is 18.6. The number of anilines is 6. The van der Waals surface area contributed by atoms with E-state index in [0.717, 1.165) is 134 Å². The molecule has 4 unspecified atom stereocenters. The van der Waals surface area contributed by atoms with Crippen LogP contribution in [0.15, 0.2) is 301 Å². The number of ether oxygens (including phenoxy) is 4. The molecule has 0 radical (unpaired) electrons. The third-order valence-electron chi connectivity index (χ3n) is 24.6. The second-order valence-electron chi connectivity index (χ2n) is 31.3. The zero-order valence-corrected chi connectivity index (χ0v) is 66.6. The molecule has 110 heavy (non-hydrogen) atoms. The molecule has 558 valence electrons. The molecule has 6 nitrogen and oxygen atoms in total. The first-order valence-electron chi connectivity index (χ1n) is 40.6. The summed E-state index contributed by atoms with van der Waals surface area (Å²) in [5.41, 5.74) is 23.0. The van der Waals surface area contributed by atoms with E-state index in [1.165, 1.54) is 115 Å². The van der Waals surface area contributed by atoms with Crippen molar-refractivity contribution in [3.8, 4) is 44.9 Å². The van der Waals surface area contributed by atoms with Crippen molar-refractivity contribution in [2.45, 2.75) is 126 Å². The molecule has 2 saturated heterocycles. The number of thioether (sulfide) groups is 2. The Labute approximate surface area is 662 Å². The van der Waals surface area contributed by atoms with E-state index >= 15 is 0 Å². The third-order valence-corrected chi connectivity index (χ3v) is 27.3. The molecule has 0 N–H and O–H groups in total. The highest BCUT2D eigenvalue weighted by Gasteiger charge is 2.49. The van der Waals surface area contributed by atoms with Crippen LogP contribution in [0.1, 0.15) is 150 Å². The topological polar surface area (TPSA) is 43.4 Å². The third kappa shape index (κ3) is 14.4. The van der Waals surface area contributed by atoms with Gasteiger partial charge >= 0.3 is 0 Å². The predicted octanol–water partition coefficient (Wildman–Crippen LogP) is 27.2. The molecule has 2 aliphatic carbocycles. The first kappa shape index (κ1) is 74.5. The molecular formula is C102H104N2O4S2. The van der Waals surface area contributed by atoms with Crippen LogP contribution in [0.25, 0.3) is 33.4 Å². The summed E-state index contributed by atoms with van der Waals surface area (Å²) >= 11 is 3.92. The van der Waals surface area contributed by atoms with Crippen LogP contribution >= 0.6 is 23.5 Å². The van der Waals surface area contributed by atoms with Gasteiger partial charge in [0.05, 0.1) is 50.5 Å². The van der Waals surface area contributed by atoms with E-state index in [9.17, 15) is 0 Å². The number of hydrogen-bond acceptors (Lipinski definition) is 8. The summed E-state index contributed by atoms with van der Waals surface area (Å²) in [6, 6.07) is 110. The Morgan fingerprint density at radius 3 is 1.00 bits per heavy atom. The molecule has 16 rings (SSSR count). The van der Waals surface area contributed by atoms with Gasteiger partial charge in [-0.05, 0) is 237 Å². The van der Waals surface area contributed by atoms with Crippen molar-refractivity contribution in [3.63, 3.8) is 0 Å². The Kier molecular flexibility index (Phi) is 22.5. The summed E-state index contributed by atoms with van der Waals surface area (Å²) in [5.74, 6) is 5.00. The van der Waals surface area contributed by atoms with Crippen LogP contribution in [0.2, 0.25) is 0 Å². The van der Waals surface area contributed by atoms with Crippen molar-refractivity contribution < 1.29 is 18.9 Å². The average Bonchev–Trinajstić information content (AvgIpc) is 1.54. The molecule has 0 saturated carbocycles. The zero-order chi connectivity index (χ0) is 75.1. The van der Waals surface area contributed by atoms with Gasteiger partial charge in [-0.3, -0.25) is 0 Å². The lowest BCUT2D eigenvalue weighted by atomic mass is 9.67. The summed E-state index contributed by atoms with van der Waals surface area (Å²) in [6.07, 6.45) is 11.7. The second kappa shape index (κ2) is 33.2. The van der Waals surface area contributed by atoms with E-state index in [4.69, 9.17) is 18.9 Å². The van der Waals surface area contributed by atoms with Gasteiger partial charge in [-0.2, -0.15) is 0 Å². The van der Waals surface area contributed by atoms with Crippen molar-refractivity contribution >= 4 is 57.6 Å². The van der Waals surface area contributed by atoms with Gasteiger partial charge in [-0.25, -0.2) is 0 Å². The van der Waals surface area contributed by atoms with Gasteiger partial charge < -0.3 is 28.7 Å². The molecular weight excluding hydrogens is 1380 g/mol. The maximum Gasteiger partial charge on any atom is 0.119 e. The van der Waals surface area contributed by atoms with Crippen LogP contribution in [0.5, 0.6) is 11.5 Å². The number of fused-ring (bicyclic) bond motifs is 6. The fraction of sp³-hybridized carbons (Fsp3) is 0.294. The summed E-state index contributed by atoms with van der Waals surface area (Å²) in [5, 5.41) is 0. The molecule has 0 aromatic heterocycles. The van der Waals surface area contributed by atoms with Crippen LogP contribution in [0.3, 0.4) is 0 Å². The minimum atomic E-state index is -0.640. The highest BCUT2D eigenvalue weighted by atomic mass is 32.2. The minimum Gasteiger partial charge on any atom is -0.493 e. The van der Waals surface area contributed by atoms with Crippen molar-refractivity contribution in [1.82, 2.24) is 0 Å². The number of benzene rings is 12. The van der Waals surface area contributed by atoms with Gasteiger partial charge in [-0.1, -0.05) is 250 Å². The molecule has 0 bridgehead atoms. The maximum absolute atomic E-state index is 6.64. The lowest BCUT2D eigenvalue weighted by Crippen LogP contribution is -2.44. The normalized spacial score (nSPS) is 17.3. The fourth-order valence-corrected chi connectivity index (χ4v) is 19.9. The van der Waals surface area contributed by atoms with E-state index in [1.54, 1.807) is 0 Å². The standard InChI is InChI=1S/C102H104N2O4S2/c1-7-13-25-73(9-3)65-107-87-53-39-77(40-54-87)101(79-43-57-89(58-44-79)109-71-99(11-5)67-105-68-99)95-33-23-21-31-91(95)93-61-51-85(63-97(93)101)103(81-27-17-15-18-28-81)83-47-35-75(36-48-83)76-37-49-84(50-38-76)104(82-29-19-16-20-30-82)86-52-62-94-92-32-22-24-34-96(92)102(98(94)64-86,78-41-55-88(56-42-78)108-66-74(10-4)26-14-8-2)80-45-59-90(60-46-80)110-72-100(12-6)69-106-70-100/h15-24,27-64,73-74H,7-14,25-26,65-72H2,1-6H3. The molecule has 12 aromatic carbocycles. The van der Waals surface area contributed by atoms with Crippen LogP contribution in [0, 0.1) is 22.7 Å². The van der Waals surface area contributed by atoms with Gasteiger partial charge in [0.15, 0.2) is 0 Å². The zero-order valence-electron chi connectivity index (χ0n) is 64.9. The number of nitrogens with zero attached hydrogens (tertiary/aromatic N) is 2. The summed E-state index contributed by atoms with van der Waals surface area (Å²) in [7, 11) is 0. The fourth-order valence-electron chi connectivity index (χ4n) is 17.5. The summed E-state index contributed by atoms with van der Waals surface area (Å²) < 4.78 is 24.8. The Morgan fingerprint density at radius 1 is 0.336 bits per heavy atom. The van der Waals surface area contributed by atoms with E-state index in [-0.39, 0.29) is 10.8 Å². The molecule has 0 amide bonds. The Balaban J connectivity index is 0.744. The van der Waals surface area contributed by atoms with E-state index < -0.39 is 10.8 Å². The highest BCUT2D eigenvalue weighted by molar-refractivity contribution is 7.99. The first-order chi connectivity index (χ1) is 54.1. The SMILES string of the molecule is CCCCC(CC)COc1ccc(C2(c3ccc(SCC4(CC)COC4)cc3)c3ccccc3-c3ccc(N(c4ccccc4)c4ccc(-c5ccc(N(c6ccccc6)c6ccc7c(c6)C(c6ccc(OCC(CC)CCCC)cc6)(c6ccc(SCC8(CC)COC8)cc6)c6ccccc6-7)cc5)cc4)cc32)cc1. The molecule has 4 aliphatic rings. The first-order valence-corrected chi connectivity index (χ1v) is 42.6. The van der Waals surface area contributed by atoms with Crippen LogP contribution in [-0.2, 0) is 20.3 Å². The van der Waals surface area contributed by atoms with E-state index in [2.05, 4.69) is 343 Å². The second-order valence-corrected chi connectivity index (χ2v) is 33.4. The van der Waals surface area contributed by atoms with Crippen LogP contribution in [-0.4, -0.2) is 51.1 Å². The Morgan fingerprint density at radius 2 is 0.664 bits per heavy atom. The minimum absolute atomic E-state index is 0.246. The van der Waals surface area contributed by atoms with Crippen molar-refractivity contribution in [1.29, 1.82) is 0 Å². The van der Waals surface area contributed by atoms with E-state index in [0.29, 0.717) is 11.8 Å². The summed E-state index contributed by atoms with van der Waals surface area (Å²) in [4.78, 5) is 7.42. The smallest absolute Gasteiger partial charge is 0.119 e. The molecule has 2 heterocycles. The largest absolute Gasteiger partial charge is 0.493 e. The number of para-hydroxylation sites is 2. The van der Waals surface area contributed by atoms with Crippen molar-refractivity contribution in [3.05, 3.63) is 336 Å². The monoisotopic (exact) mass is 1480 g/mol. The molecule has 0 spiro atoms. The number of hydrogen-bond donors (Lipinski definition) is 0. The number of rotatable bonds is 33. The van der Waals surface area contributed by atoms with Crippen molar-refractivity contribution in [2.24, 2.45) is 22.7 Å². The average molecular weight is 1490 g/mol. The molecule has 8 heteroatoms. The van der Waals surface area contributed by atoms with Gasteiger partial charge in [0.25, 0.3) is 0 Å². The van der Waals surface area contributed by atoms with E-state index in [1.807, 2.05) is 23.5 Å². The lowest BCUT2D eigenvalue weighted by Gasteiger charge is -2.40. The number of unbranched alkanes of at least 4 members (excludes halogenated alkanes) is 2. The molecule has 12 aromatic rings. The maximum atomic E-state index is 6.64. The predicted molar refractivity (Wildman–Crippen MR) is 462 cm³/mol. The van der Waals surface area contributed by atoms with Gasteiger partial charge in [0.2, 0.25) is 0 Å².